The van der Waals surface area contributed by atoms with Crippen molar-refractivity contribution in [2.24, 2.45) is 5.92 Å². The highest BCUT2D eigenvalue weighted by Gasteiger charge is 2.26. The van der Waals surface area contributed by atoms with Crippen LogP contribution in [0.1, 0.15) is 19.3 Å². The van der Waals surface area contributed by atoms with Crippen LogP contribution in [0, 0.1) is 5.92 Å². The summed E-state index contributed by atoms with van der Waals surface area (Å²) in [5, 5.41) is 9.34. The molecule has 0 saturated carbocycles. The normalized spacial score (nSPS) is 29.5. The third-order valence-corrected chi connectivity index (χ3v) is 3.32. The molecule has 2 aliphatic heterocycles. The number of hydrogen-bond donors (Lipinski definition) is 1. The number of ketones is 1. The summed E-state index contributed by atoms with van der Waals surface area (Å²) in [5.74, 6) is 0.431. The fourth-order valence-corrected chi connectivity index (χ4v) is 2.22. The molecule has 0 amide bonds. The van der Waals surface area contributed by atoms with Crippen LogP contribution in [0.5, 0.6) is 0 Å². The van der Waals surface area contributed by atoms with Gasteiger partial charge in [-0.05, 0) is 19.3 Å². The maximum absolute atomic E-state index is 11.8. The van der Waals surface area contributed by atoms with Gasteiger partial charge in [0.15, 0.2) is 5.78 Å². The summed E-state index contributed by atoms with van der Waals surface area (Å²) in [6.07, 6.45) is 2.32. The van der Waals surface area contributed by atoms with Crippen molar-refractivity contribution in [2.45, 2.75) is 25.4 Å². The molecule has 1 unspecified atom stereocenters. The fourth-order valence-electron chi connectivity index (χ4n) is 2.22. The van der Waals surface area contributed by atoms with Gasteiger partial charge in [0.2, 0.25) is 0 Å². The van der Waals surface area contributed by atoms with Crippen molar-refractivity contribution in [3.05, 3.63) is 0 Å². The summed E-state index contributed by atoms with van der Waals surface area (Å²) >= 11 is 0. The van der Waals surface area contributed by atoms with Crippen LogP contribution in [0.4, 0.5) is 0 Å². The monoisotopic (exact) mass is 213 g/mol. The highest BCUT2D eigenvalue weighted by Crippen LogP contribution is 2.16. The van der Waals surface area contributed by atoms with Gasteiger partial charge < -0.3 is 9.84 Å². The van der Waals surface area contributed by atoms with Gasteiger partial charge in [-0.2, -0.15) is 0 Å². The van der Waals surface area contributed by atoms with Gasteiger partial charge in [-0.3, -0.25) is 9.69 Å². The Labute approximate surface area is 90.2 Å². The third-order valence-electron chi connectivity index (χ3n) is 3.32. The molecule has 1 atom stereocenters. The maximum Gasteiger partial charge on any atom is 0.152 e. The van der Waals surface area contributed by atoms with E-state index in [0.29, 0.717) is 18.9 Å². The summed E-state index contributed by atoms with van der Waals surface area (Å²) in [6, 6.07) is 0. The first-order chi connectivity index (χ1) is 7.25. The predicted octanol–water partition coefficient (Wildman–Crippen LogP) is 0.0487. The molecule has 0 spiro atoms. The molecular formula is C11H19NO3. The van der Waals surface area contributed by atoms with Gasteiger partial charge in [0.25, 0.3) is 0 Å². The summed E-state index contributed by atoms with van der Waals surface area (Å²) < 4.78 is 5.21. The smallest absolute Gasteiger partial charge is 0.152 e. The Morgan fingerprint density at radius 2 is 2.07 bits per heavy atom. The Morgan fingerprint density at radius 1 is 1.33 bits per heavy atom. The average Bonchev–Trinajstić information content (AvgIpc) is 2.74. The lowest BCUT2D eigenvalue weighted by Crippen LogP contribution is -2.40. The van der Waals surface area contributed by atoms with E-state index in [9.17, 15) is 9.90 Å². The number of carbonyl (C=O) groups excluding carboxylic acids is 1. The molecule has 2 fully saturated rings. The quantitative estimate of drug-likeness (QED) is 0.719. The molecule has 15 heavy (non-hydrogen) atoms. The Hall–Kier alpha value is -0.450. The summed E-state index contributed by atoms with van der Waals surface area (Å²) in [6.45, 7) is 3.58. The Balaban J connectivity index is 1.74. The number of ether oxygens (including phenoxy) is 1. The van der Waals surface area contributed by atoms with E-state index in [1.165, 1.54) is 0 Å². The third kappa shape index (κ3) is 3.00. The standard InChI is InChI=1S/C11H19NO3/c13-10-1-4-12(5-2-10)7-11(14)9-3-6-15-8-9/h9-10,13H,1-8H2. The molecule has 0 aromatic carbocycles. The van der Waals surface area contributed by atoms with E-state index < -0.39 is 0 Å². The van der Waals surface area contributed by atoms with Crippen molar-refractivity contribution < 1.29 is 14.6 Å². The van der Waals surface area contributed by atoms with Crippen LogP contribution in [-0.2, 0) is 9.53 Å². The first-order valence-electron chi connectivity index (χ1n) is 5.76. The zero-order chi connectivity index (χ0) is 10.7. The molecule has 0 aliphatic carbocycles. The first kappa shape index (κ1) is 11.0. The highest BCUT2D eigenvalue weighted by molar-refractivity contribution is 5.83. The second-order valence-electron chi connectivity index (χ2n) is 4.53. The highest BCUT2D eigenvalue weighted by atomic mass is 16.5. The van der Waals surface area contributed by atoms with E-state index in [1.807, 2.05) is 0 Å². The zero-order valence-corrected chi connectivity index (χ0v) is 9.02. The topological polar surface area (TPSA) is 49.8 Å². The van der Waals surface area contributed by atoms with Crippen LogP contribution >= 0.6 is 0 Å². The predicted molar refractivity (Wildman–Crippen MR) is 55.6 cm³/mol. The van der Waals surface area contributed by atoms with Gasteiger partial charge in [0.1, 0.15) is 0 Å². The van der Waals surface area contributed by atoms with Gasteiger partial charge >= 0.3 is 0 Å². The lowest BCUT2D eigenvalue weighted by Gasteiger charge is -2.29. The van der Waals surface area contributed by atoms with E-state index in [0.717, 1.165) is 39.0 Å². The van der Waals surface area contributed by atoms with Crippen LogP contribution in [0.25, 0.3) is 0 Å². The van der Waals surface area contributed by atoms with Crippen molar-refractivity contribution in [3.8, 4) is 0 Å². The maximum atomic E-state index is 11.8. The van der Waals surface area contributed by atoms with Crippen LogP contribution in [-0.4, -0.2) is 54.7 Å². The second-order valence-corrected chi connectivity index (χ2v) is 4.53. The van der Waals surface area contributed by atoms with Gasteiger partial charge in [0.05, 0.1) is 19.3 Å². The lowest BCUT2D eigenvalue weighted by molar-refractivity contribution is -0.124. The Morgan fingerprint density at radius 3 is 2.67 bits per heavy atom. The summed E-state index contributed by atoms with van der Waals surface area (Å²) in [7, 11) is 0. The number of piperidine rings is 1. The summed E-state index contributed by atoms with van der Waals surface area (Å²) in [4.78, 5) is 14.0. The van der Waals surface area contributed by atoms with Crippen molar-refractivity contribution in [1.29, 1.82) is 0 Å². The van der Waals surface area contributed by atoms with Crippen molar-refractivity contribution in [2.75, 3.05) is 32.8 Å². The molecule has 4 heteroatoms. The molecule has 86 valence electrons. The van der Waals surface area contributed by atoms with E-state index in [4.69, 9.17) is 4.74 Å². The van der Waals surface area contributed by atoms with Gasteiger partial charge in [-0.15, -0.1) is 0 Å². The number of aliphatic hydroxyl groups is 1. The molecule has 2 rings (SSSR count). The van der Waals surface area contributed by atoms with Gasteiger partial charge in [0, 0.05) is 25.6 Å². The number of nitrogens with zero attached hydrogens (tertiary/aromatic N) is 1. The molecule has 4 nitrogen and oxygen atoms in total. The minimum absolute atomic E-state index is 0.122. The van der Waals surface area contributed by atoms with Crippen LogP contribution in [0.3, 0.4) is 0 Å². The second kappa shape index (κ2) is 5.05. The minimum Gasteiger partial charge on any atom is -0.393 e. The fraction of sp³-hybridized carbons (Fsp3) is 0.909. The largest absolute Gasteiger partial charge is 0.393 e. The zero-order valence-electron chi connectivity index (χ0n) is 9.02. The molecule has 0 aromatic heterocycles. The molecule has 2 aliphatic rings. The van der Waals surface area contributed by atoms with Crippen molar-refractivity contribution >= 4 is 5.78 Å². The van der Waals surface area contributed by atoms with Crippen molar-refractivity contribution in [1.82, 2.24) is 4.90 Å². The Kier molecular flexibility index (Phi) is 3.72. The number of rotatable bonds is 3. The van der Waals surface area contributed by atoms with E-state index in [1.54, 1.807) is 0 Å². The molecule has 2 saturated heterocycles. The molecule has 0 radical (unpaired) electrons. The number of hydrogen-bond acceptors (Lipinski definition) is 4. The van der Waals surface area contributed by atoms with Gasteiger partial charge in [-0.1, -0.05) is 0 Å². The molecule has 0 aromatic rings. The van der Waals surface area contributed by atoms with Gasteiger partial charge in [-0.25, -0.2) is 0 Å². The number of aliphatic hydroxyl groups excluding tert-OH is 1. The van der Waals surface area contributed by atoms with Crippen LogP contribution in [0.2, 0.25) is 0 Å². The molecule has 1 N–H and O–H groups in total. The van der Waals surface area contributed by atoms with Crippen LogP contribution in [0.15, 0.2) is 0 Å². The first-order valence-corrected chi connectivity index (χ1v) is 5.76. The Bertz CT molecular complexity index is 218. The van der Waals surface area contributed by atoms with Crippen molar-refractivity contribution in [3.63, 3.8) is 0 Å². The molecular weight excluding hydrogens is 194 g/mol. The minimum atomic E-state index is -0.161. The number of Topliss-reactive ketones (excluding diaryl/α,β-unsaturated/α-hetero) is 1. The number of carbonyl (C=O) groups is 1. The lowest BCUT2D eigenvalue weighted by atomic mass is 10.0. The number of likely N-dealkylation sites (tertiary alicyclic amines) is 1. The van der Waals surface area contributed by atoms with E-state index >= 15 is 0 Å². The molecule has 2 heterocycles. The van der Waals surface area contributed by atoms with Crippen LogP contribution < -0.4 is 0 Å². The SMILES string of the molecule is O=C(CN1CCC(O)CC1)C1CCOC1. The molecule has 0 bridgehead atoms. The average molecular weight is 213 g/mol. The van der Waals surface area contributed by atoms with E-state index in [-0.39, 0.29) is 12.0 Å². The summed E-state index contributed by atoms with van der Waals surface area (Å²) in [5.41, 5.74) is 0. The van der Waals surface area contributed by atoms with E-state index in [2.05, 4.69) is 4.90 Å².